The zero-order valence-corrected chi connectivity index (χ0v) is 10.9. The molecule has 8 heteroatoms. The number of rotatable bonds is 6. The molecule has 0 aliphatic heterocycles. The minimum absolute atomic E-state index is 0.0732. The first kappa shape index (κ1) is 14.5. The highest BCUT2D eigenvalue weighted by molar-refractivity contribution is 7.91. The Morgan fingerprint density at radius 2 is 2.12 bits per heavy atom. The Kier molecular flexibility index (Phi) is 4.99. The third-order valence-electron chi connectivity index (χ3n) is 2.09. The number of alkyl halides is 2. The summed E-state index contributed by atoms with van der Waals surface area (Å²) in [5.41, 5.74) is 5.35. The van der Waals surface area contributed by atoms with Gasteiger partial charge in [0.25, 0.3) is 16.4 Å². The van der Waals surface area contributed by atoms with E-state index in [2.05, 4.69) is 0 Å². The van der Waals surface area contributed by atoms with Crippen LogP contribution in [-0.4, -0.2) is 39.3 Å². The molecule has 0 fully saturated rings. The topological polar surface area (TPSA) is 63.4 Å². The van der Waals surface area contributed by atoms with Crippen LogP contribution in [0.3, 0.4) is 0 Å². The van der Waals surface area contributed by atoms with Crippen LogP contribution in [-0.2, 0) is 16.4 Å². The molecular weight excluding hydrogens is 270 g/mol. The van der Waals surface area contributed by atoms with Gasteiger partial charge in [-0.15, -0.1) is 11.3 Å². The van der Waals surface area contributed by atoms with Gasteiger partial charge in [0.2, 0.25) is 0 Å². The molecule has 4 nitrogen and oxygen atoms in total. The van der Waals surface area contributed by atoms with Crippen LogP contribution in [0.15, 0.2) is 16.3 Å². The summed E-state index contributed by atoms with van der Waals surface area (Å²) in [5.74, 6) is 0. The van der Waals surface area contributed by atoms with Crippen molar-refractivity contribution in [3.8, 4) is 0 Å². The zero-order chi connectivity index (χ0) is 13.1. The first-order chi connectivity index (χ1) is 7.87. The molecule has 1 aromatic heterocycles. The number of hydrogen-bond acceptors (Lipinski definition) is 4. The summed E-state index contributed by atoms with van der Waals surface area (Å²) in [6, 6.07) is 3.08. The number of sulfonamides is 1. The predicted molar refractivity (Wildman–Crippen MR) is 62.9 cm³/mol. The normalized spacial score (nSPS) is 12.6. The van der Waals surface area contributed by atoms with Crippen LogP contribution in [0.25, 0.3) is 0 Å². The van der Waals surface area contributed by atoms with Crippen molar-refractivity contribution in [1.29, 1.82) is 0 Å². The van der Waals surface area contributed by atoms with Crippen molar-refractivity contribution in [1.82, 2.24) is 4.31 Å². The van der Waals surface area contributed by atoms with Gasteiger partial charge in [0, 0.05) is 11.9 Å². The molecule has 0 spiro atoms. The number of nitrogens with two attached hydrogens (primary N) is 1. The quantitative estimate of drug-likeness (QED) is 0.852. The molecule has 98 valence electrons. The third-order valence-corrected chi connectivity index (χ3v) is 5.52. The average molecular weight is 284 g/mol. The summed E-state index contributed by atoms with van der Waals surface area (Å²) in [6.45, 7) is -0.376. The molecule has 0 radical (unpaired) electrons. The lowest BCUT2D eigenvalue weighted by molar-refractivity contribution is 0.126. The first-order valence-corrected chi connectivity index (χ1v) is 7.17. The average Bonchev–Trinajstić information content (AvgIpc) is 2.66. The molecule has 0 unspecified atom stereocenters. The van der Waals surface area contributed by atoms with Crippen LogP contribution >= 0.6 is 11.3 Å². The number of thiophene rings is 1. The Hall–Kier alpha value is -0.570. The molecule has 1 heterocycles. The summed E-state index contributed by atoms with van der Waals surface area (Å²) in [7, 11) is -2.66. The van der Waals surface area contributed by atoms with Crippen molar-refractivity contribution in [2.24, 2.45) is 5.73 Å². The largest absolute Gasteiger partial charge is 0.330 e. The van der Waals surface area contributed by atoms with Gasteiger partial charge in [0.1, 0.15) is 4.21 Å². The Bertz CT molecular complexity index is 459. The molecule has 1 rings (SSSR count). The van der Waals surface area contributed by atoms with E-state index in [9.17, 15) is 17.2 Å². The Morgan fingerprint density at radius 3 is 2.65 bits per heavy atom. The van der Waals surface area contributed by atoms with E-state index in [1.54, 1.807) is 6.07 Å². The van der Waals surface area contributed by atoms with E-state index in [4.69, 9.17) is 5.73 Å². The van der Waals surface area contributed by atoms with Gasteiger partial charge in [0.05, 0.1) is 6.54 Å². The molecule has 17 heavy (non-hydrogen) atoms. The number of halogens is 2. The van der Waals surface area contributed by atoms with Gasteiger partial charge < -0.3 is 5.73 Å². The molecule has 0 saturated carbocycles. The maximum Gasteiger partial charge on any atom is 0.252 e. The Morgan fingerprint density at radius 1 is 1.47 bits per heavy atom. The second kappa shape index (κ2) is 5.85. The van der Waals surface area contributed by atoms with Crippen LogP contribution in [0.2, 0.25) is 0 Å². The zero-order valence-electron chi connectivity index (χ0n) is 9.27. The van der Waals surface area contributed by atoms with Gasteiger partial charge in [0.15, 0.2) is 0 Å². The summed E-state index contributed by atoms with van der Waals surface area (Å²) < 4.78 is 48.7. The fraction of sp³-hybridized carbons (Fsp3) is 0.556. The standard InChI is InChI=1S/C9H14F2N2O2S2/c1-13(6-8(10)11)17(14,15)9-3-2-7(16-9)4-5-12/h2-3,8H,4-6,12H2,1H3. The van der Waals surface area contributed by atoms with E-state index in [1.165, 1.54) is 6.07 Å². The predicted octanol–water partition coefficient (Wildman–Crippen LogP) is 1.13. The molecule has 0 bridgehead atoms. The van der Waals surface area contributed by atoms with Crippen LogP contribution in [0.5, 0.6) is 0 Å². The Balaban J connectivity index is 2.88. The summed E-state index contributed by atoms with van der Waals surface area (Å²) in [6.07, 6.45) is -2.10. The molecule has 0 aliphatic rings. The smallest absolute Gasteiger partial charge is 0.252 e. The van der Waals surface area contributed by atoms with Gasteiger partial charge in [-0.05, 0) is 25.1 Å². The minimum Gasteiger partial charge on any atom is -0.330 e. The van der Waals surface area contributed by atoms with Gasteiger partial charge in [-0.25, -0.2) is 17.2 Å². The van der Waals surface area contributed by atoms with Crippen molar-refractivity contribution >= 4 is 21.4 Å². The summed E-state index contributed by atoms with van der Waals surface area (Å²) in [5, 5.41) is 0. The van der Waals surface area contributed by atoms with Gasteiger partial charge in [-0.3, -0.25) is 0 Å². The molecule has 0 saturated heterocycles. The van der Waals surface area contributed by atoms with E-state index in [-0.39, 0.29) is 4.21 Å². The highest BCUT2D eigenvalue weighted by Crippen LogP contribution is 2.24. The maximum atomic E-state index is 12.1. The first-order valence-electron chi connectivity index (χ1n) is 4.91. The summed E-state index contributed by atoms with van der Waals surface area (Å²) in [4.78, 5) is 0.830. The second-order valence-electron chi connectivity index (χ2n) is 3.44. The van der Waals surface area contributed by atoms with E-state index >= 15 is 0 Å². The van der Waals surface area contributed by atoms with Crippen LogP contribution in [0.1, 0.15) is 4.88 Å². The SMILES string of the molecule is CN(CC(F)F)S(=O)(=O)c1ccc(CCN)s1. The Labute approximate surface area is 103 Å². The van der Waals surface area contributed by atoms with Crippen LogP contribution < -0.4 is 5.73 Å². The molecule has 0 aromatic carbocycles. The highest BCUT2D eigenvalue weighted by Gasteiger charge is 2.25. The lowest BCUT2D eigenvalue weighted by Crippen LogP contribution is -2.30. The van der Waals surface area contributed by atoms with Gasteiger partial charge >= 0.3 is 0 Å². The second-order valence-corrected chi connectivity index (χ2v) is 6.88. The number of hydrogen-bond donors (Lipinski definition) is 1. The molecular formula is C9H14F2N2O2S2. The van der Waals surface area contributed by atoms with E-state index in [0.717, 1.165) is 23.3 Å². The number of nitrogens with zero attached hydrogens (tertiary/aromatic N) is 1. The molecule has 2 N–H and O–H groups in total. The lowest BCUT2D eigenvalue weighted by Gasteiger charge is -2.14. The third kappa shape index (κ3) is 3.70. The van der Waals surface area contributed by atoms with Crippen molar-refractivity contribution in [3.05, 3.63) is 17.0 Å². The lowest BCUT2D eigenvalue weighted by atomic mass is 10.3. The van der Waals surface area contributed by atoms with Gasteiger partial charge in [-0.1, -0.05) is 0 Å². The fourth-order valence-electron chi connectivity index (χ4n) is 1.22. The molecule has 0 atom stereocenters. The highest BCUT2D eigenvalue weighted by atomic mass is 32.2. The van der Waals surface area contributed by atoms with Crippen molar-refractivity contribution < 1.29 is 17.2 Å². The van der Waals surface area contributed by atoms with Crippen LogP contribution in [0.4, 0.5) is 8.78 Å². The maximum absolute atomic E-state index is 12.1. The van der Waals surface area contributed by atoms with Gasteiger partial charge in [-0.2, -0.15) is 4.31 Å². The molecule has 0 amide bonds. The fourth-order valence-corrected chi connectivity index (χ4v) is 3.95. The monoisotopic (exact) mass is 284 g/mol. The summed E-state index contributed by atoms with van der Waals surface area (Å²) >= 11 is 1.07. The van der Waals surface area contributed by atoms with E-state index in [0.29, 0.717) is 17.3 Å². The van der Waals surface area contributed by atoms with Crippen molar-refractivity contribution in [3.63, 3.8) is 0 Å². The molecule has 1 aromatic rings. The van der Waals surface area contributed by atoms with E-state index in [1.807, 2.05) is 0 Å². The van der Waals surface area contributed by atoms with Crippen molar-refractivity contribution in [2.45, 2.75) is 17.1 Å². The molecule has 0 aliphatic carbocycles. The minimum atomic E-state index is -3.80. The van der Waals surface area contributed by atoms with E-state index < -0.39 is 23.0 Å². The van der Waals surface area contributed by atoms with Crippen LogP contribution in [0, 0.1) is 0 Å². The van der Waals surface area contributed by atoms with Crippen molar-refractivity contribution in [2.75, 3.05) is 20.1 Å².